The number of nitrogens with zero attached hydrogens (tertiary/aromatic N) is 5. The first-order valence-electron chi connectivity index (χ1n) is 11.2. The number of nitrogens with one attached hydrogen (secondary N) is 1. The highest BCUT2D eigenvalue weighted by atomic mass is 35.5. The fourth-order valence-corrected chi connectivity index (χ4v) is 7.40. The molecular weight excluding hydrogens is 464 g/mol. The lowest BCUT2D eigenvalue weighted by Gasteiger charge is -2.60. The van der Waals surface area contributed by atoms with Crippen LogP contribution >= 0.6 is 12.4 Å². The van der Waals surface area contributed by atoms with Crippen LogP contribution in [0.3, 0.4) is 0 Å². The Morgan fingerprint density at radius 1 is 0.909 bits per heavy atom. The summed E-state index contributed by atoms with van der Waals surface area (Å²) in [6, 6.07) is 13.6. The van der Waals surface area contributed by atoms with Crippen molar-refractivity contribution >= 4 is 28.1 Å². The fraction of sp³-hybridized carbons (Fsp3) is 0.455. The zero-order chi connectivity index (χ0) is 21.4. The smallest absolute Gasteiger partial charge is 0.244 e. The summed E-state index contributed by atoms with van der Waals surface area (Å²) in [4.78, 5) is 12.3. The molecule has 1 unspecified atom stereocenters. The number of hydrogen-bond donors (Lipinski definition) is 1. The molecule has 1 N–H and O–H groups in total. The van der Waals surface area contributed by atoms with Gasteiger partial charge < -0.3 is 9.64 Å². The summed E-state index contributed by atoms with van der Waals surface area (Å²) in [7, 11) is -3.54. The number of sulfonamides is 1. The van der Waals surface area contributed by atoms with Crippen LogP contribution in [0.25, 0.3) is 0 Å². The van der Waals surface area contributed by atoms with Crippen LogP contribution < -0.4 is 14.4 Å². The minimum atomic E-state index is -3.54. The van der Waals surface area contributed by atoms with Crippen molar-refractivity contribution in [3.8, 4) is 11.5 Å². The van der Waals surface area contributed by atoms with Crippen LogP contribution in [0.15, 0.2) is 47.4 Å². The van der Waals surface area contributed by atoms with Gasteiger partial charge in [0.05, 0.1) is 51.4 Å². The van der Waals surface area contributed by atoms with Crippen LogP contribution in [0.5, 0.6) is 11.5 Å². The van der Waals surface area contributed by atoms with Crippen molar-refractivity contribution in [2.75, 3.05) is 44.8 Å². The monoisotopic (exact) mass is 490 g/mol. The van der Waals surface area contributed by atoms with E-state index in [2.05, 4.69) is 41.4 Å². The van der Waals surface area contributed by atoms with E-state index in [1.165, 1.54) is 5.56 Å². The summed E-state index contributed by atoms with van der Waals surface area (Å²) in [5.74, 6) is 1.26. The molecule has 6 aliphatic heterocycles. The van der Waals surface area contributed by atoms with E-state index in [9.17, 15) is 8.42 Å². The number of hydrogen-bond acceptors (Lipinski definition) is 8. The molecule has 9 nitrogen and oxygen atoms in total. The molecule has 5 saturated heterocycles. The second kappa shape index (κ2) is 7.81. The minimum Gasteiger partial charge on any atom is -0.457 e. The lowest BCUT2D eigenvalue weighted by molar-refractivity contribution is -0.233. The van der Waals surface area contributed by atoms with Crippen molar-refractivity contribution in [1.82, 2.24) is 24.3 Å². The number of rotatable bonds is 3. The van der Waals surface area contributed by atoms with Gasteiger partial charge in [-0.25, -0.2) is 8.42 Å². The molecule has 1 atom stereocenters. The topological polar surface area (TPSA) is 71.6 Å². The van der Waals surface area contributed by atoms with Crippen molar-refractivity contribution in [1.29, 1.82) is 0 Å². The van der Waals surface area contributed by atoms with E-state index in [1.807, 2.05) is 24.3 Å². The molecule has 0 amide bonds. The molecule has 5 fully saturated rings. The fourth-order valence-electron chi connectivity index (χ4n) is 5.94. The van der Waals surface area contributed by atoms with Gasteiger partial charge in [-0.1, -0.05) is 12.1 Å². The van der Waals surface area contributed by atoms with Gasteiger partial charge in [-0.2, -0.15) is 4.72 Å². The average molecular weight is 491 g/mol. The molecule has 2 aromatic carbocycles. The first-order valence-corrected chi connectivity index (χ1v) is 12.7. The largest absolute Gasteiger partial charge is 0.457 e. The highest BCUT2D eigenvalue weighted by Gasteiger charge is 2.44. The normalized spacial score (nSPS) is 35.0. The number of benzene rings is 2. The third kappa shape index (κ3) is 3.52. The van der Waals surface area contributed by atoms with E-state index < -0.39 is 10.0 Å². The van der Waals surface area contributed by atoms with E-state index in [-0.39, 0.29) is 24.7 Å². The van der Waals surface area contributed by atoms with E-state index in [0.717, 1.165) is 64.2 Å². The van der Waals surface area contributed by atoms with Crippen LogP contribution in [0.1, 0.15) is 24.6 Å². The molecule has 176 valence electrons. The van der Waals surface area contributed by atoms with Gasteiger partial charge in [0.1, 0.15) is 16.4 Å². The van der Waals surface area contributed by atoms with Gasteiger partial charge in [-0.05, 0) is 42.7 Å². The van der Waals surface area contributed by atoms with Crippen molar-refractivity contribution in [2.24, 2.45) is 0 Å². The summed E-state index contributed by atoms with van der Waals surface area (Å²) < 4.78 is 34.6. The van der Waals surface area contributed by atoms with Crippen LogP contribution in [0, 0.1) is 0 Å². The van der Waals surface area contributed by atoms with Crippen LogP contribution in [-0.4, -0.2) is 74.1 Å². The van der Waals surface area contributed by atoms with Crippen LogP contribution in [0.4, 0.5) is 5.69 Å². The van der Waals surface area contributed by atoms with Crippen LogP contribution in [0.2, 0.25) is 0 Å². The quantitative estimate of drug-likeness (QED) is 0.702. The summed E-state index contributed by atoms with van der Waals surface area (Å²) >= 11 is 0. The van der Waals surface area contributed by atoms with E-state index >= 15 is 0 Å². The summed E-state index contributed by atoms with van der Waals surface area (Å²) in [6.45, 7) is 5.85. The highest BCUT2D eigenvalue weighted by Crippen LogP contribution is 2.40. The van der Waals surface area contributed by atoms with E-state index in [1.54, 1.807) is 6.07 Å². The highest BCUT2D eigenvalue weighted by molar-refractivity contribution is 7.89. The molecule has 0 aliphatic carbocycles. The first kappa shape index (κ1) is 21.6. The Morgan fingerprint density at radius 3 is 2.39 bits per heavy atom. The number of fused-ring (bicyclic) bond motifs is 3. The summed E-state index contributed by atoms with van der Waals surface area (Å²) in [5, 5.41) is 0. The molecular formula is C22H27ClN6O3S. The first-order chi connectivity index (χ1) is 15.5. The average Bonchev–Trinajstić information content (AvgIpc) is 3.21. The molecule has 0 spiro atoms. The van der Waals surface area contributed by atoms with Crippen molar-refractivity contribution in [2.45, 2.75) is 30.1 Å². The minimum absolute atomic E-state index is 0. The molecule has 6 heterocycles. The van der Waals surface area contributed by atoms with Crippen molar-refractivity contribution in [3.63, 3.8) is 0 Å². The maximum absolute atomic E-state index is 12.8. The zero-order valence-corrected chi connectivity index (χ0v) is 19.8. The Kier molecular flexibility index (Phi) is 5.11. The maximum Gasteiger partial charge on any atom is 0.244 e. The SMILES string of the molecule is Cl.O=S1(=O)NC2CCCN2c2ccc(Oc3cccc(C4N5CN6CN(C5)CN4C6)c3)cc21. The second-order valence-electron chi connectivity index (χ2n) is 9.38. The van der Waals surface area contributed by atoms with Gasteiger partial charge in [0, 0.05) is 12.6 Å². The number of ether oxygens (including phenoxy) is 1. The molecule has 0 aromatic heterocycles. The Labute approximate surface area is 199 Å². The van der Waals surface area contributed by atoms with Crippen LogP contribution in [-0.2, 0) is 10.0 Å². The van der Waals surface area contributed by atoms with E-state index in [4.69, 9.17) is 4.74 Å². The Balaban J connectivity index is 0.00000206. The van der Waals surface area contributed by atoms with Crippen molar-refractivity contribution < 1.29 is 13.2 Å². The lowest BCUT2D eigenvalue weighted by atomic mass is 10.1. The van der Waals surface area contributed by atoms with E-state index in [0.29, 0.717) is 10.6 Å². The molecule has 33 heavy (non-hydrogen) atoms. The molecule has 6 aliphatic rings. The van der Waals surface area contributed by atoms with Gasteiger partial charge in [0.15, 0.2) is 0 Å². The molecule has 0 saturated carbocycles. The number of anilines is 1. The maximum atomic E-state index is 12.8. The number of halogens is 1. The van der Waals surface area contributed by atoms with Crippen molar-refractivity contribution in [3.05, 3.63) is 48.0 Å². The van der Waals surface area contributed by atoms with Gasteiger partial charge >= 0.3 is 0 Å². The Hall–Kier alpha value is -1.92. The molecule has 4 bridgehead atoms. The molecule has 8 rings (SSSR count). The van der Waals surface area contributed by atoms with Gasteiger partial charge in [-0.15, -0.1) is 12.4 Å². The Bertz CT molecular complexity index is 1170. The second-order valence-corrected chi connectivity index (χ2v) is 11.1. The van der Waals surface area contributed by atoms with Gasteiger partial charge in [0.25, 0.3) is 0 Å². The third-order valence-corrected chi connectivity index (χ3v) is 8.57. The summed E-state index contributed by atoms with van der Waals surface area (Å²) in [6.07, 6.45) is 1.94. The molecule has 0 radical (unpaired) electrons. The Morgan fingerprint density at radius 2 is 1.64 bits per heavy atom. The predicted octanol–water partition coefficient (Wildman–Crippen LogP) is 2.15. The zero-order valence-electron chi connectivity index (χ0n) is 18.1. The van der Waals surface area contributed by atoms with Gasteiger partial charge in [0.2, 0.25) is 10.0 Å². The van der Waals surface area contributed by atoms with Gasteiger partial charge in [-0.3, -0.25) is 19.6 Å². The summed E-state index contributed by atoms with van der Waals surface area (Å²) in [5.41, 5.74) is 1.97. The predicted molar refractivity (Wildman–Crippen MR) is 125 cm³/mol. The standard InChI is InChI=1S/C22H26N6O3S.ClH/c29-32(30)20-10-18(6-7-19(20)28-8-2-5-21(28)23-32)31-17-4-1-3-16(9-17)22-26-12-24-11-25(14-26)15-27(22)13-24;/h1,3-4,6-7,9-10,21-23H,2,5,8,11-15H2;1H. The lowest BCUT2D eigenvalue weighted by Crippen LogP contribution is -2.72. The molecule has 2 aromatic rings. The third-order valence-electron chi connectivity index (χ3n) is 7.08. The molecule has 11 heteroatoms.